The number of likely N-dealkylation sites (tertiary alicyclic amines) is 1. The van der Waals surface area contributed by atoms with Gasteiger partial charge in [0.1, 0.15) is 5.82 Å². The first kappa shape index (κ1) is 15.8. The molecule has 1 heterocycles. The number of urea groups is 1. The van der Waals surface area contributed by atoms with Crippen LogP contribution in [-0.4, -0.2) is 36.6 Å². The lowest BCUT2D eigenvalue weighted by Gasteiger charge is -2.31. The van der Waals surface area contributed by atoms with Crippen molar-refractivity contribution in [3.63, 3.8) is 0 Å². The molecule has 0 bridgehead atoms. The molecule has 2 amide bonds. The highest BCUT2D eigenvalue weighted by molar-refractivity contribution is 5.89. The van der Waals surface area contributed by atoms with Gasteiger partial charge in [0.2, 0.25) is 0 Å². The van der Waals surface area contributed by atoms with E-state index in [-0.39, 0.29) is 11.7 Å². The predicted molar refractivity (Wildman–Crippen MR) is 82.9 cm³/mol. The van der Waals surface area contributed by atoms with Crippen molar-refractivity contribution >= 4 is 11.7 Å². The van der Waals surface area contributed by atoms with Gasteiger partial charge in [0, 0.05) is 12.6 Å². The van der Waals surface area contributed by atoms with Gasteiger partial charge in [-0.25, -0.2) is 9.18 Å². The summed E-state index contributed by atoms with van der Waals surface area (Å²) in [5.74, 6) is 0.0458. The molecule has 1 atom stereocenters. The zero-order chi connectivity index (χ0) is 15.2. The number of benzene rings is 1. The van der Waals surface area contributed by atoms with Crippen molar-refractivity contribution in [2.24, 2.45) is 5.92 Å². The molecule has 1 saturated heterocycles. The van der Waals surface area contributed by atoms with Crippen LogP contribution in [0.3, 0.4) is 0 Å². The summed E-state index contributed by atoms with van der Waals surface area (Å²) in [5, 5.41) is 5.41. The standard InChI is InChI=1S/C16H24FN3O/c1-12(2)15(20-9-5-6-10-20)11-18-16(21)19-14-8-4-3-7-13(14)17/h3-4,7-8,12,15H,5-6,9-11H2,1-2H3,(H2,18,19,21)/t15-/m0/s1. The van der Waals surface area contributed by atoms with Gasteiger partial charge >= 0.3 is 6.03 Å². The van der Waals surface area contributed by atoms with Crippen LogP contribution in [0.1, 0.15) is 26.7 Å². The number of nitrogens with zero attached hydrogens (tertiary/aromatic N) is 1. The molecule has 2 rings (SSSR count). The molecule has 21 heavy (non-hydrogen) atoms. The lowest BCUT2D eigenvalue weighted by molar-refractivity contribution is 0.186. The minimum atomic E-state index is -0.424. The van der Waals surface area contributed by atoms with Gasteiger partial charge in [0.05, 0.1) is 5.69 Å². The van der Waals surface area contributed by atoms with Crippen LogP contribution < -0.4 is 10.6 Å². The van der Waals surface area contributed by atoms with Crippen LogP contribution in [0.5, 0.6) is 0 Å². The van der Waals surface area contributed by atoms with Crippen molar-refractivity contribution in [2.75, 3.05) is 25.0 Å². The Morgan fingerprint density at radius 3 is 2.57 bits per heavy atom. The number of nitrogens with one attached hydrogen (secondary N) is 2. The molecule has 0 unspecified atom stereocenters. The van der Waals surface area contributed by atoms with E-state index in [0.29, 0.717) is 18.5 Å². The summed E-state index contributed by atoms with van der Waals surface area (Å²) < 4.78 is 13.5. The van der Waals surface area contributed by atoms with Gasteiger partial charge in [0.15, 0.2) is 0 Å². The molecule has 1 aliphatic heterocycles. The lowest BCUT2D eigenvalue weighted by atomic mass is 10.0. The molecule has 0 saturated carbocycles. The van der Waals surface area contributed by atoms with Gasteiger partial charge in [-0.2, -0.15) is 0 Å². The number of rotatable bonds is 5. The maximum Gasteiger partial charge on any atom is 0.319 e. The second-order valence-corrected chi connectivity index (χ2v) is 5.87. The van der Waals surface area contributed by atoms with E-state index >= 15 is 0 Å². The molecule has 0 spiro atoms. The molecule has 1 aromatic carbocycles. The predicted octanol–water partition coefficient (Wildman–Crippen LogP) is 3.07. The third-order valence-corrected chi connectivity index (χ3v) is 3.97. The van der Waals surface area contributed by atoms with Gasteiger partial charge in [-0.15, -0.1) is 0 Å². The second-order valence-electron chi connectivity index (χ2n) is 5.87. The van der Waals surface area contributed by atoms with Gasteiger partial charge in [0.25, 0.3) is 0 Å². The van der Waals surface area contributed by atoms with Crippen LogP contribution in [0.4, 0.5) is 14.9 Å². The van der Waals surface area contributed by atoms with Crippen LogP contribution in [0.25, 0.3) is 0 Å². The fourth-order valence-electron chi connectivity index (χ4n) is 2.79. The SMILES string of the molecule is CC(C)[C@H](CNC(=O)Nc1ccccc1F)N1CCCC1. The first-order valence-corrected chi connectivity index (χ1v) is 7.61. The topological polar surface area (TPSA) is 44.4 Å². The number of carbonyl (C=O) groups excluding carboxylic acids is 1. The first-order chi connectivity index (χ1) is 10.1. The summed E-state index contributed by atoms with van der Waals surface area (Å²) in [6.07, 6.45) is 2.45. The van der Waals surface area contributed by atoms with Gasteiger partial charge in [-0.3, -0.25) is 4.90 Å². The van der Waals surface area contributed by atoms with Crippen LogP contribution in [-0.2, 0) is 0 Å². The molecule has 1 fully saturated rings. The van der Waals surface area contributed by atoms with Crippen LogP contribution in [0.2, 0.25) is 0 Å². The minimum absolute atomic E-state index is 0.206. The average Bonchev–Trinajstić information content (AvgIpc) is 2.95. The second kappa shape index (κ2) is 7.41. The normalized spacial score (nSPS) is 17.0. The summed E-state index contributed by atoms with van der Waals surface area (Å²) in [7, 11) is 0. The van der Waals surface area contributed by atoms with Crippen molar-refractivity contribution in [1.29, 1.82) is 0 Å². The zero-order valence-corrected chi connectivity index (χ0v) is 12.7. The number of hydrogen-bond acceptors (Lipinski definition) is 2. The molecule has 0 aromatic heterocycles. The molecule has 0 radical (unpaired) electrons. The van der Waals surface area contributed by atoms with E-state index in [2.05, 4.69) is 29.4 Å². The van der Waals surface area contributed by atoms with Crippen LogP contribution in [0.15, 0.2) is 24.3 Å². The third-order valence-electron chi connectivity index (χ3n) is 3.97. The Morgan fingerprint density at radius 1 is 1.29 bits per heavy atom. The van der Waals surface area contributed by atoms with E-state index in [0.717, 1.165) is 13.1 Å². The van der Waals surface area contributed by atoms with E-state index in [4.69, 9.17) is 0 Å². The molecular weight excluding hydrogens is 269 g/mol. The quantitative estimate of drug-likeness (QED) is 0.876. The number of amides is 2. The average molecular weight is 293 g/mol. The smallest absolute Gasteiger partial charge is 0.319 e. The highest BCUT2D eigenvalue weighted by Gasteiger charge is 2.24. The molecule has 4 nitrogen and oxygen atoms in total. The highest BCUT2D eigenvalue weighted by Crippen LogP contribution is 2.17. The Labute approximate surface area is 125 Å². The molecule has 2 N–H and O–H groups in total. The fraction of sp³-hybridized carbons (Fsp3) is 0.562. The number of para-hydroxylation sites is 1. The molecule has 0 aliphatic carbocycles. The Kier molecular flexibility index (Phi) is 5.56. The van der Waals surface area contributed by atoms with E-state index in [1.807, 2.05) is 0 Å². The summed E-state index contributed by atoms with van der Waals surface area (Å²) in [5.41, 5.74) is 0.206. The number of anilines is 1. The van der Waals surface area contributed by atoms with E-state index in [9.17, 15) is 9.18 Å². The number of hydrogen-bond donors (Lipinski definition) is 2. The van der Waals surface area contributed by atoms with Crippen molar-refractivity contribution in [2.45, 2.75) is 32.7 Å². The van der Waals surface area contributed by atoms with Crippen molar-refractivity contribution in [3.8, 4) is 0 Å². The largest absolute Gasteiger partial charge is 0.336 e. The summed E-state index contributed by atoms with van der Waals surface area (Å²) in [6.45, 7) is 7.11. The first-order valence-electron chi connectivity index (χ1n) is 7.61. The van der Waals surface area contributed by atoms with E-state index in [1.165, 1.54) is 18.9 Å². The maximum absolute atomic E-state index is 13.5. The monoisotopic (exact) mass is 293 g/mol. The maximum atomic E-state index is 13.5. The van der Waals surface area contributed by atoms with Crippen molar-refractivity contribution < 1.29 is 9.18 Å². The minimum Gasteiger partial charge on any atom is -0.336 e. The zero-order valence-electron chi connectivity index (χ0n) is 12.7. The van der Waals surface area contributed by atoms with Crippen LogP contribution in [0, 0.1) is 11.7 Å². The van der Waals surface area contributed by atoms with Crippen molar-refractivity contribution in [3.05, 3.63) is 30.1 Å². The molecule has 5 heteroatoms. The van der Waals surface area contributed by atoms with Crippen molar-refractivity contribution in [1.82, 2.24) is 10.2 Å². The summed E-state index contributed by atoms with van der Waals surface area (Å²) in [4.78, 5) is 14.3. The third kappa shape index (κ3) is 4.43. The highest BCUT2D eigenvalue weighted by atomic mass is 19.1. The van der Waals surface area contributed by atoms with Gasteiger partial charge < -0.3 is 10.6 Å². The lowest BCUT2D eigenvalue weighted by Crippen LogP contribution is -2.46. The summed E-state index contributed by atoms with van der Waals surface area (Å²) >= 11 is 0. The summed E-state index contributed by atoms with van der Waals surface area (Å²) in [6, 6.07) is 6.15. The molecular formula is C16H24FN3O. The Morgan fingerprint density at radius 2 is 1.95 bits per heavy atom. The Balaban J connectivity index is 1.85. The molecule has 1 aromatic rings. The molecule has 116 valence electrons. The van der Waals surface area contributed by atoms with Crippen LogP contribution >= 0.6 is 0 Å². The van der Waals surface area contributed by atoms with E-state index < -0.39 is 5.82 Å². The Hall–Kier alpha value is -1.62. The van der Waals surface area contributed by atoms with Gasteiger partial charge in [-0.1, -0.05) is 26.0 Å². The number of halogens is 1. The van der Waals surface area contributed by atoms with Gasteiger partial charge in [-0.05, 0) is 44.0 Å². The Bertz CT molecular complexity index is 472. The molecule has 1 aliphatic rings. The number of carbonyl (C=O) groups is 1. The van der Waals surface area contributed by atoms with E-state index in [1.54, 1.807) is 18.2 Å². The fourth-order valence-corrected chi connectivity index (χ4v) is 2.79.